The SMILES string of the molecule is COc1ccc(NCC(O)(c2cccs2)C(F)(F)F)cc1. The Balaban J connectivity index is 2.16. The molecule has 2 rings (SSSR count). The summed E-state index contributed by atoms with van der Waals surface area (Å²) in [5.74, 6) is 0.602. The number of anilines is 1. The fourth-order valence-corrected chi connectivity index (χ4v) is 2.62. The minimum Gasteiger partial charge on any atom is -0.497 e. The van der Waals surface area contributed by atoms with Gasteiger partial charge in [0.2, 0.25) is 5.60 Å². The number of halogens is 3. The quantitative estimate of drug-likeness (QED) is 0.885. The van der Waals surface area contributed by atoms with Gasteiger partial charge in [-0.2, -0.15) is 13.2 Å². The molecule has 0 spiro atoms. The van der Waals surface area contributed by atoms with Crippen molar-refractivity contribution in [2.75, 3.05) is 19.0 Å². The highest BCUT2D eigenvalue weighted by atomic mass is 32.1. The van der Waals surface area contributed by atoms with E-state index in [9.17, 15) is 18.3 Å². The summed E-state index contributed by atoms with van der Waals surface area (Å²) in [6.07, 6.45) is -4.77. The molecule has 21 heavy (non-hydrogen) atoms. The van der Waals surface area contributed by atoms with Crippen molar-refractivity contribution in [2.45, 2.75) is 11.8 Å². The van der Waals surface area contributed by atoms with E-state index in [1.54, 1.807) is 24.3 Å². The summed E-state index contributed by atoms with van der Waals surface area (Å²) in [5, 5.41) is 14.2. The Labute approximate surface area is 124 Å². The molecule has 0 aliphatic heterocycles. The molecular weight excluding hydrogens is 303 g/mol. The van der Waals surface area contributed by atoms with Crippen LogP contribution in [0.5, 0.6) is 5.75 Å². The van der Waals surface area contributed by atoms with Gasteiger partial charge in [-0.1, -0.05) is 6.07 Å². The maximum atomic E-state index is 13.2. The number of thiophene rings is 1. The van der Waals surface area contributed by atoms with Gasteiger partial charge >= 0.3 is 6.18 Å². The third kappa shape index (κ3) is 3.30. The number of methoxy groups -OCH3 is 1. The largest absolute Gasteiger partial charge is 0.497 e. The van der Waals surface area contributed by atoms with Crippen molar-refractivity contribution >= 4 is 17.0 Å². The molecule has 0 saturated heterocycles. The summed E-state index contributed by atoms with van der Waals surface area (Å²) in [6.45, 7) is -0.663. The third-order valence-electron chi connectivity index (χ3n) is 3.04. The second kappa shape index (κ2) is 5.95. The van der Waals surface area contributed by atoms with Gasteiger partial charge < -0.3 is 15.2 Å². The molecule has 1 atom stereocenters. The van der Waals surface area contributed by atoms with Gasteiger partial charge in [0.05, 0.1) is 13.7 Å². The van der Waals surface area contributed by atoms with Crippen molar-refractivity contribution in [3.8, 4) is 5.75 Å². The smallest absolute Gasteiger partial charge is 0.424 e. The number of nitrogens with one attached hydrogen (secondary N) is 1. The lowest BCUT2D eigenvalue weighted by molar-refractivity contribution is -0.259. The molecule has 114 valence electrons. The fourth-order valence-electron chi connectivity index (χ4n) is 1.78. The normalized spacial score (nSPS) is 14.5. The Morgan fingerprint density at radius 1 is 1.19 bits per heavy atom. The predicted molar refractivity (Wildman–Crippen MR) is 75.8 cm³/mol. The molecule has 0 amide bonds. The average Bonchev–Trinajstić information content (AvgIpc) is 2.98. The minimum absolute atomic E-state index is 0.143. The van der Waals surface area contributed by atoms with Gasteiger partial charge in [-0.3, -0.25) is 0 Å². The van der Waals surface area contributed by atoms with E-state index in [0.717, 1.165) is 11.3 Å². The number of hydrogen-bond donors (Lipinski definition) is 2. The molecule has 3 nitrogen and oxygen atoms in total. The van der Waals surface area contributed by atoms with E-state index in [2.05, 4.69) is 5.32 Å². The lowest BCUT2D eigenvalue weighted by Gasteiger charge is -2.30. The van der Waals surface area contributed by atoms with Crippen LogP contribution >= 0.6 is 11.3 Å². The summed E-state index contributed by atoms with van der Waals surface area (Å²) < 4.78 is 44.5. The molecule has 0 saturated carbocycles. The number of ether oxygens (including phenoxy) is 1. The van der Waals surface area contributed by atoms with E-state index in [0.29, 0.717) is 11.4 Å². The van der Waals surface area contributed by atoms with Gasteiger partial charge in [0.25, 0.3) is 0 Å². The molecule has 1 unspecified atom stereocenters. The molecule has 0 bridgehead atoms. The van der Waals surface area contributed by atoms with Gasteiger partial charge in [-0.25, -0.2) is 0 Å². The van der Waals surface area contributed by atoms with Crippen molar-refractivity contribution in [3.63, 3.8) is 0 Å². The monoisotopic (exact) mass is 317 g/mol. The zero-order valence-corrected chi connectivity index (χ0v) is 12.0. The lowest BCUT2D eigenvalue weighted by Crippen LogP contribution is -2.47. The number of alkyl halides is 3. The molecule has 2 aromatic rings. The van der Waals surface area contributed by atoms with E-state index in [1.165, 1.54) is 24.6 Å². The van der Waals surface area contributed by atoms with Gasteiger partial charge in [0, 0.05) is 10.6 Å². The molecule has 2 N–H and O–H groups in total. The van der Waals surface area contributed by atoms with Crippen LogP contribution in [0.25, 0.3) is 0 Å². The zero-order valence-electron chi connectivity index (χ0n) is 11.1. The van der Waals surface area contributed by atoms with Crippen LogP contribution in [0.15, 0.2) is 41.8 Å². The Hall–Kier alpha value is -1.73. The topological polar surface area (TPSA) is 41.5 Å². The molecule has 0 radical (unpaired) electrons. The van der Waals surface area contributed by atoms with Crippen LogP contribution < -0.4 is 10.1 Å². The standard InChI is InChI=1S/C14H14F3NO2S/c1-20-11-6-4-10(5-7-11)18-9-13(19,14(15,16)17)12-3-2-8-21-12/h2-8,18-19H,9H2,1H3. The Kier molecular flexibility index (Phi) is 4.43. The highest BCUT2D eigenvalue weighted by Crippen LogP contribution is 2.41. The lowest BCUT2D eigenvalue weighted by atomic mass is 10.0. The molecule has 1 aromatic carbocycles. The van der Waals surface area contributed by atoms with Gasteiger partial charge in [0.1, 0.15) is 5.75 Å². The van der Waals surface area contributed by atoms with E-state index in [4.69, 9.17) is 4.74 Å². The number of rotatable bonds is 5. The number of benzene rings is 1. The van der Waals surface area contributed by atoms with Crippen LogP contribution in [-0.4, -0.2) is 24.9 Å². The summed E-state index contributed by atoms with van der Waals surface area (Å²) in [4.78, 5) is -0.143. The van der Waals surface area contributed by atoms with Crippen molar-refractivity contribution in [3.05, 3.63) is 46.7 Å². The maximum Gasteiger partial charge on any atom is 0.424 e. The first kappa shape index (κ1) is 15.7. The first-order valence-corrected chi connectivity index (χ1v) is 6.96. The Morgan fingerprint density at radius 3 is 2.33 bits per heavy atom. The first-order valence-electron chi connectivity index (χ1n) is 6.08. The van der Waals surface area contributed by atoms with Crippen molar-refractivity contribution in [1.29, 1.82) is 0 Å². The van der Waals surface area contributed by atoms with Crippen molar-refractivity contribution < 1.29 is 23.0 Å². The second-order valence-corrected chi connectivity index (χ2v) is 5.37. The summed E-state index contributed by atoms with van der Waals surface area (Å²) in [6, 6.07) is 9.17. The Morgan fingerprint density at radius 2 is 1.86 bits per heavy atom. The summed E-state index contributed by atoms with van der Waals surface area (Å²) in [7, 11) is 1.50. The molecule has 1 aromatic heterocycles. The average molecular weight is 317 g/mol. The molecule has 0 aliphatic rings. The highest BCUT2D eigenvalue weighted by Gasteiger charge is 2.55. The Bertz CT molecular complexity index is 569. The van der Waals surface area contributed by atoms with Gasteiger partial charge in [-0.05, 0) is 35.7 Å². The number of hydrogen-bond acceptors (Lipinski definition) is 4. The van der Waals surface area contributed by atoms with Crippen LogP contribution in [-0.2, 0) is 5.60 Å². The second-order valence-electron chi connectivity index (χ2n) is 4.42. The minimum atomic E-state index is -4.77. The van der Waals surface area contributed by atoms with Gasteiger partial charge in [0.15, 0.2) is 0 Å². The van der Waals surface area contributed by atoms with E-state index < -0.39 is 18.3 Å². The van der Waals surface area contributed by atoms with Crippen LogP contribution in [0.4, 0.5) is 18.9 Å². The molecule has 7 heteroatoms. The van der Waals surface area contributed by atoms with Crippen LogP contribution in [0.3, 0.4) is 0 Å². The third-order valence-corrected chi connectivity index (χ3v) is 4.06. The molecule has 0 fully saturated rings. The highest BCUT2D eigenvalue weighted by molar-refractivity contribution is 7.10. The number of aliphatic hydroxyl groups is 1. The van der Waals surface area contributed by atoms with Gasteiger partial charge in [-0.15, -0.1) is 11.3 Å². The van der Waals surface area contributed by atoms with Crippen LogP contribution in [0, 0.1) is 0 Å². The molecular formula is C14H14F3NO2S. The van der Waals surface area contributed by atoms with E-state index >= 15 is 0 Å². The fraction of sp³-hybridized carbons (Fsp3) is 0.286. The maximum absolute atomic E-state index is 13.2. The molecule has 1 heterocycles. The van der Waals surface area contributed by atoms with Crippen LogP contribution in [0.2, 0.25) is 0 Å². The summed E-state index contributed by atoms with van der Waals surface area (Å²) in [5.41, 5.74) is -2.45. The zero-order chi connectivity index (χ0) is 15.5. The van der Waals surface area contributed by atoms with E-state index in [1.807, 2.05) is 0 Å². The van der Waals surface area contributed by atoms with Crippen LogP contribution in [0.1, 0.15) is 4.88 Å². The summed E-state index contributed by atoms with van der Waals surface area (Å²) >= 11 is 0.868. The first-order chi connectivity index (χ1) is 9.87. The molecule has 0 aliphatic carbocycles. The van der Waals surface area contributed by atoms with Crippen molar-refractivity contribution in [2.24, 2.45) is 0 Å². The van der Waals surface area contributed by atoms with E-state index in [-0.39, 0.29) is 4.88 Å². The van der Waals surface area contributed by atoms with Crippen molar-refractivity contribution in [1.82, 2.24) is 0 Å². The predicted octanol–water partition coefficient (Wildman–Crippen LogP) is 3.62.